The number of fused-ring (bicyclic) bond motifs is 1. The number of carbonyl (C=O) groups excluding carboxylic acids is 1. The molecule has 4 nitrogen and oxygen atoms in total. The summed E-state index contributed by atoms with van der Waals surface area (Å²) < 4.78 is 6.88. The van der Waals surface area contributed by atoms with Crippen molar-refractivity contribution in [3.8, 4) is 0 Å². The van der Waals surface area contributed by atoms with Gasteiger partial charge >= 0.3 is 5.97 Å². The first-order valence-electron chi connectivity index (χ1n) is 6.74. The second-order valence-electron chi connectivity index (χ2n) is 5.01. The first kappa shape index (κ1) is 14.4. The number of benzene rings is 1. The lowest BCUT2D eigenvalue weighted by molar-refractivity contribution is 0.0524. The summed E-state index contributed by atoms with van der Waals surface area (Å²) >= 11 is 12.1. The third-order valence-corrected chi connectivity index (χ3v) is 4.23. The van der Waals surface area contributed by atoms with Gasteiger partial charge < -0.3 is 9.30 Å². The third-order valence-electron chi connectivity index (χ3n) is 3.51. The van der Waals surface area contributed by atoms with Crippen LogP contribution in [0.25, 0.3) is 10.9 Å². The summed E-state index contributed by atoms with van der Waals surface area (Å²) in [4.78, 5) is 24.4. The Morgan fingerprint density at radius 2 is 2.00 bits per heavy atom. The minimum atomic E-state index is -0.607. The standard InChI is InChI=1S/C15H13Cl2NO3/c1-2-21-15(20)10-7-18(8-3-4-8)13-6-12(17)11(16)5-9(13)14(10)19/h5-8H,2-4H2,1H3. The Morgan fingerprint density at radius 1 is 1.33 bits per heavy atom. The van der Waals surface area contributed by atoms with Crippen LogP contribution in [0.2, 0.25) is 10.0 Å². The number of nitrogens with zero attached hydrogens (tertiary/aromatic N) is 1. The van der Waals surface area contributed by atoms with Crippen LogP contribution in [0.1, 0.15) is 36.2 Å². The average molecular weight is 326 g/mol. The molecule has 0 saturated heterocycles. The quantitative estimate of drug-likeness (QED) is 0.806. The Morgan fingerprint density at radius 3 is 2.62 bits per heavy atom. The summed E-state index contributed by atoms with van der Waals surface area (Å²) in [5, 5.41) is 1.08. The van der Waals surface area contributed by atoms with Crippen molar-refractivity contribution in [3.05, 3.63) is 44.2 Å². The van der Waals surface area contributed by atoms with Crippen LogP contribution in [0.4, 0.5) is 0 Å². The van der Waals surface area contributed by atoms with Gasteiger partial charge in [0.1, 0.15) is 5.56 Å². The monoisotopic (exact) mass is 325 g/mol. The number of carbonyl (C=O) groups is 1. The molecule has 1 fully saturated rings. The van der Waals surface area contributed by atoms with Crippen LogP contribution in [0.15, 0.2) is 23.1 Å². The number of esters is 1. The summed E-state index contributed by atoms with van der Waals surface area (Å²) in [6.07, 6.45) is 3.60. The topological polar surface area (TPSA) is 48.3 Å². The lowest BCUT2D eigenvalue weighted by atomic mass is 10.1. The number of aromatic nitrogens is 1. The van der Waals surface area contributed by atoms with Gasteiger partial charge in [0, 0.05) is 17.6 Å². The number of rotatable bonds is 3. The van der Waals surface area contributed by atoms with Crippen molar-refractivity contribution in [2.75, 3.05) is 6.61 Å². The zero-order chi connectivity index (χ0) is 15.1. The van der Waals surface area contributed by atoms with Crippen molar-refractivity contribution >= 4 is 40.1 Å². The van der Waals surface area contributed by atoms with Crippen LogP contribution < -0.4 is 5.43 Å². The molecule has 1 heterocycles. The maximum Gasteiger partial charge on any atom is 0.343 e. The summed E-state index contributed by atoms with van der Waals surface area (Å²) in [5.41, 5.74) is 0.360. The van der Waals surface area contributed by atoms with Gasteiger partial charge in [0.15, 0.2) is 0 Å². The zero-order valence-electron chi connectivity index (χ0n) is 11.4. The van der Waals surface area contributed by atoms with E-state index in [0.717, 1.165) is 12.8 Å². The predicted octanol–water partition coefficient (Wildman–Crippen LogP) is 3.82. The number of hydrogen-bond acceptors (Lipinski definition) is 3. The molecule has 0 aliphatic heterocycles. The van der Waals surface area contributed by atoms with E-state index in [1.807, 2.05) is 4.57 Å². The van der Waals surface area contributed by atoms with E-state index < -0.39 is 5.97 Å². The fourth-order valence-corrected chi connectivity index (χ4v) is 2.67. The van der Waals surface area contributed by atoms with Crippen LogP contribution in [-0.4, -0.2) is 17.1 Å². The highest BCUT2D eigenvalue weighted by Gasteiger charge is 2.27. The fourth-order valence-electron chi connectivity index (χ4n) is 2.35. The molecule has 21 heavy (non-hydrogen) atoms. The first-order chi connectivity index (χ1) is 10.0. The summed E-state index contributed by atoms with van der Waals surface area (Å²) in [6, 6.07) is 3.48. The molecule has 1 aromatic heterocycles. The van der Waals surface area contributed by atoms with Crippen molar-refractivity contribution in [3.63, 3.8) is 0 Å². The van der Waals surface area contributed by atoms with Gasteiger partial charge in [0.25, 0.3) is 0 Å². The molecular weight excluding hydrogens is 313 g/mol. The lowest BCUT2D eigenvalue weighted by Crippen LogP contribution is -2.20. The van der Waals surface area contributed by atoms with Crippen LogP contribution in [-0.2, 0) is 4.74 Å². The van der Waals surface area contributed by atoms with Crippen molar-refractivity contribution in [2.45, 2.75) is 25.8 Å². The van der Waals surface area contributed by atoms with Crippen molar-refractivity contribution in [2.24, 2.45) is 0 Å². The smallest absolute Gasteiger partial charge is 0.343 e. The first-order valence-corrected chi connectivity index (χ1v) is 7.49. The van der Waals surface area contributed by atoms with Crippen molar-refractivity contribution in [1.29, 1.82) is 0 Å². The van der Waals surface area contributed by atoms with Crippen LogP contribution >= 0.6 is 23.2 Å². The van der Waals surface area contributed by atoms with E-state index in [0.29, 0.717) is 27.0 Å². The van der Waals surface area contributed by atoms with Gasteiger partial charge in [-0.05, 0) is 31.9 Å². The average Bonchev–Trinajstić information content (AvgIpc) is 3.26. The SMILES string of the molecule is CCOC(=O)c1cn(C2CC2)c2cc(Cl)c(Cl)cc2c1=O. The van der Waals surface area contributed by atoms with E-state index in [4.69, 9.17) is 27.9 Å². The van der Waals surface area contributed by atoms with E-state index in [2.05, 4.69) is 0 Å². The van der Waals surface area contributed by atoms with Gasteiger partial charge in [-0.2, -0.15) is 0 Å². The molecule has 1 aliphatic rings. The van der Waals surface area contributed by atoms with Gasteiger partial charge in [-0.15, -0.1) is 0 Å². The summed E-state index contributed by atoms with van der Waals surface area (Å²) in [7, 11) is 0. The van der Waals surface area contributed by atoms with Gasteiger partial charge in [-0.1, -0.05) is 23.2 Å². The van der Waals surface area contributed by atoms with E-state index >= 15 is 0 Å². The van der Waals surface area contributed by atoms with Crippen LogP contribution in [0, 0.1) is 0 Å². The highest BCUT2D eigenvalue weighted by atomic mass is 35.5. The van der Waals surface area contributed by atoms with Gasteiger partial charge in [-0.3, -0.25) is 4.79 Å². The summed E-state index contributed by atoms with van der Waals surface area (Å²) in [6.45, 7) is 1.93. The van der Waals surface area contributed by atoms with Gasteiger partial charge in [0.2, 0.25) is 5.43 Å². The molecule has 0 atom stereocenters. The molecule has 1 aliphatic carbocycles. The maximum absolute atomic E-state index is 12.5. The molecule has 0 unspecified atom stereocenters. The largest absolute Gasteiger partial charge is 0.462 e. The molecule has 0 amide bonds. The third kappa shape index (κ3) is 2.54. The molecule has 110 valence electrons. The molecule has 1 aromatic carbocycles. The van der Waals surface area contributed by atoms with E-state index in [1.165, 1.54) is 6.07 Å². The fraction of sp³-hybridized carbons (Fsp3) is 0.333. The highest BCUT2D eigenvalue weighted by Crippen LogP contribution is 2.38. The van der Waals surface area contributed by atoms with Gasteiger partial charge in [0.05, 0.1) is 22.2 Å². The normalized spacial score (nSPS) is 14.4. The van der Waals surface area contributed by atoms with Crippen LogP contribution in [0.5, 0.6) is 0 Å². The molecule has 2 aromatic rings. The maximum atomic E-state index is 12.5. The van der Waals surface area contributed by atoms with E-state index in [1.54, 1.807) is 19.2 Å². The minimum Gasteiger partial charge on any atom is -0.462 e. The minimum absolute atomic E-state index is 0.0367. The highest BCUT2D eigenvalue weighted by molar-refractivity contribution is 6.42. The molecule has 0 N–H and O–H groups in total. The van der Waals surface area contributed by atoms with Crippen molar-refractivity contribution in [1.82, 2.24) is 4.57 Å². The Kier molecular flexibility index (Phi) is 3.68. The van der Waals surface area contributed by atoms with E-state index in [9.17, 15) is 9.59 Å². The molecule has 6 heteroatoms. The van der Waals surface area contributed by atoms with Crippen molar-refractivity contribution < 1.29 is 9.53 Å². The Labute approximate surface area is 131 Å². The number of hydrogen-bond donors (Lipinski definition) is 0. The second-order valence-corrected chi connectivity index (χ2v) is 5.83. The molecule has 0 bridgehead atoms. The van der Waals surface area contributed by atoms with Crippen LogP contribution in [0.3, 0.4) is 0 Å². The number of halogens is 2. The lowest BCUT2D eigenvalue weighted by Gasteiger charge is -2.13. The summed E-state index contributed by atoms with van der Waals surface area (Å²) in [5.74, 6) is -0.607. The number of pyridine rings is 1. The molecule has 0 spiro atoms. The second kappa shape index (κ2) is 5.35. The zero-order valence-corrected chi connectivity index (χ0v) is 12.9. The Hall–Kier alpha value is -1.52. The Bertz CT molecular complexity index is 794. The molecule has 0 radical (unpaired) electrons. The Balaban J connectivity index is 2.31. The molecular formula is C15H13Cl2NO3. The van der Waals surface area contributed by atoms with Gasteiger partial charge in [-0.25, -0.2) is 4.79 Å². The van der Waals surface area contributed by atoms with E-state index in [-0.39, 0.29) is 17.6 Å². The number of ether oxygens (including phenoxy) is 1. The molecule has 3 rings (SSSR count). The molecule has 1 saturated carbocycles. The predicted molar refractivity (Wildman–Crippen MR) is 82.5 cm³/mol.